The molecule has 1 amide bonds. The highest BCUT2D eigenvalue weighted by molar-refractivity contribution is 7.89. The van der Waals surface area contributed by atoms with E-state index in [4.69, 9.17) is 16.3 Å². The summed E-state index contributed by atoms with van der Waals surface area (Å²) in [5, 5.41) is 3.55. The predicted molar refractivity (Wildman–Crippen MR) is 117 cm³/mol. The number of benzene rings is 2. The molecule has 2 aromatic carbocycles. The minimum Gasteiger partial charge on any atom is -0.465 e. The number of piperidine rings is 1. The number of ether oxygens (including phenoxy) is 1. The van der Waals surface area contributed by atoms with E-state index in [9.17, 15) is 18.0 Å². The van der Waals surface area contributed by atoms with Gasteiger partial charge in [-0.15, -0.1) is 0 Å². The van der Waals surface area contributed by atoms with Crippen molar-refractivity contribution >= 4 is 33.5 Å². The molecular formula is C22H25ClN2O5S. The summed E-state index contributed by atoms with van der Waals surface area (Å²) in [6, 6.07) is 13.0. The van der Waals surface area contributed by atoms with Gasteiger partial charge in [0.15, 0.2) is 0 Å². The maximum Gasteiger partial charge on any atom is 0.339 e. The molecule has 0 aromatic heterocycles. The average Bonchev–Trinajstić information content (AvgIpc) is 2.78. The van der Waals surface area contributed by atoms with Crippen LogP contribution in [-0.4, -0.2) is 44.8 Å². The molecule has 1 aliphatic rings. The van der Waals surface area contributed by atoms with Crippen molar-refractivity contribution in [1.82, 2.24) is 9.62 Å². The van der Waals surface area contributed by atoms with Gasteiger partial charge < -0.3 is 10.1 Å². The summed E-state index contributed by atoms with van der Waals surface area (Å²) in [6.07, 6.45) is 0.779. The fraction of sp³-hybridized carbons (Fsp3) is 0.364. The van der Waals surface area contributed by atoms with Crippen LogP contribution >= 0.6 is 11.6 Å². The fourth-order valence-electron chi connectivity index (χ4n) is 3.70. The summed E-state index contributed by atoms with van der Waals surface area (Å²) in [7, 11) is -2.68. The summed E-state index contributed by atoms with van der Waals surface area (Å²) in [6.45, 7) is 2.25. The number of hydrogen-bond acceptors (Lipinski definition) is 5. The number of rotatable bonds is 6. The SMILES string of the molecule is COC(=O)c1ccccc1S(=O)(=O)N1CCC(C(=O)NC(C)c2ccccc2Cl)CC1. The van der Waals surface area contributed by atoms with E-state index in [1.165, 1.54) is 23.5 Å². The zero-order valence-electron chi connectivity index (χ0n) is 17.4. The lowest BCUT2D eigenvalue weighted by molar-refractivity contribution is -0.126. The van der Waals surface area contributed by atoms with Crippen LogP contribution in [0.5, 0.6) is 0 Å². The lowest BCUT2D eigenvalue weighted by Gasteiger charge is -2.31. The number of carbonyl (C=O) groups excluding carboxylic acids is 2. The van der Waals surface area contributed by atoms with E-state index < -0.39 is 16.0 Å². The third-order valence-electron chi connectivity index (χ3n) is 5.47. The molecule has 1 unspecified atom stereocenters. The molecule has 0 bridgehead atoms. The number of amides is 1. The molecule has 1 saturated heterocycles. The Morgan fingerprint density at radius 1 is 1.10 bits per heavy atom. The van der Waals surface area contributed by atoms with Gasteiger partial charge in [-0.05, 0) is 43.5 Å². The van der Waals surface area contributed by atoms with Crippen molar-refractivity contribution < 1.29 is 22.7 Å². The van der Waals surface area contributed by atoms with Crippen molar-refractivity contribution in [3.05, 3.63) is 64.7 Å². The Labute approximate surface area is 187 Å². The normalized spacial score (nSPS) is 16.5. The van der Waals surface area contributed by atoms with Crippen molar-refractivity contribution in [2.24, 2.45) is 5.92 Å². The molecule has 7 nitrogen and oxygen atoms in total. The van der Waals surface area contributed by atoms with E-state index in [1.807, 2.05) is 25.1 Å². The standard InChI is InChI=1S/C22H25ClN2O5S/c1-15(17-7-3-5-9-19(17)23)24-21(26)16-11-13-25(14-12-16)31(28,29)20-10-6-4-8-18(20)22(27)30-2/h3-10,15-16H,11-14H2,1-2H3,(H,24,26). The molecule has 0 saturated carbocycles. The molecule has 1 N–H and O–H groups in total. The zero-order chi connectivity index (χ0) is 22.6. The topological polar surface area (TPSA) is 92.8 Å². The van der Waals surface area contributed by atoms with Crippen LogP contribution in [0.25, 0.3) is 0 Å². The van der Waals surface area contributed by atoms with E-state index in [-0.39, 0.29) is 41.4 Å². The lowest BCUT2D eigenvalue weighted by atomic mass is 9.96. The molecule has 0 radical (unpaired) electrons. The average molecular weight is 465 g/mol. The van der Waals surface area contributed by atoms with Crippen molar-refractivity contribution in [2.75, 3.05) is 20.2 Å². The second kappa shape index (κ2) is 9.80. The predicted octanol–water partition coefficient (Wildman–Crippen LogP) is 3.40. The van der Waals surface area contributed by atoms with Gasteiger partial charge in [0.1, 0.15) is 0 Å². The van der Waals surface area contributed by atoms with Crippen LogP contribution < -0.4 is 5.32 Å². The lowest BCUT2D eigenvalue weighted by Crippen LogP contribution is -2.43. The third kappa shape index (κ3) is 5.08. The van der Waals surface area contributed by atoms with Gasteiger partial charge in [0.2, 0.25) is 15.9 Å². The molecule has 0 aliphatic carbocycles. The third-order valence-corrected chi connectivity index (χ3v) is 7.77. The van der Waals surface area contributed by atoms with Gasteiger partial charge in [-0.2, -0.15) is 4.31 Å². The molecule has 1 heterocycles. The largest absolute Gasteiger partial charge is 0.465 e. The second-order valence-electron chi connectivity index (χ2n) is 7.42. The van der Waals surface area contributed by atoms with Crippen molar-refractivity contribution in [2.45, 2.75) is 30.7 Å². The molecule has 0 spiro atoms. The molecule has 3 rings (SSSR count). The van der Waals surface area contributed by atoms with E-state index in [1.54, 1.807) is 18.2 Å². The first-order valence-corrected chi connectivity index (χ1v) is 11.8. The molecule has 31 heavy (non-hydrogen) atoms. The number of halogens is 1. The Balaban J connectivity index is 1.66. The Morgan fingerprint density at radius 2 is 1.71 bits per heavy atom. The van der Waals surface area contributed by atoms with Crippen LogP contribution in [0.2, 0.25) is 5.02 Å². The van der Waals surface area contributed by atoms with Gasteiger partial charge >= 0.3 is 5.97 Å². The number of methoxy groups -OCH3 is 1. The van der Waals surface area contributed by atoms with Crippen LogP contribution in [0.15, 0.2) is 53.4 Å². The van der Waals surface area contributed by atoms with Crippen LogP contribution in [0.4, 0.5) is 0 Å². The van der Waals surface area contributed by atoms with Crippen LogP contribution in [0, 0.1) is 5.92 Å². The maximum atomic E-state index is 13.1. The molecule has 166 valence electrons. The Morgan fingerprint density at radius 3 is 2.35 bits per heavy atom. The second-order valence-corrected chi connectivity index (χ2v) is 9.73. The van der Waals surface area contributed by atoms with Crippen molar-refractivity contribution in [1.29, 1.82) is 0 Å². The quantitative estimate of drug-likeness (QED) is 0.661. The molecule has 2 aromatic rings. The number of nitrogens with zero attached hydrogens (tertiary/aromatic N) is 1. The zero-order valence-corrected chi connectivity index (χ0v) is 18.9. The van der Waals surface area contributed by atoms with Crippen LogP contribution in [0.3, 0.4) is 0 Å². The Bertz CT molecular complexity index is 1070. The Hall–Kier alpha value is -2.42. The van der Waals surface area contributed by atoms with E-state index in [2.05, 4.69) is 5.32 Å². The molecule has 1 aliphatic heterocycles. The number of hydrogen-bond donors (Lipinski definition) is 1. The van der Waals surface area contributed by atoms with Gasteiger partial charge in [0.25, 0.3) is 0 Å². The summed E-state index contributed by atoms with van der Waals surface area (Å²) in [5.74, 6) is -1.13. The number of esters is 1. The summed E-state index contributed by atoms with van der Waals surface area (Å²) >= 11 is 6.20. The van der Waals surface area contributed by atoms with E-state index in [0.717, 1.165) is 5.56 Å². The number of sulfonamides is 1. The molecular weight excluding hydrogens is 440 g/mol. The first kappa shape index (κ1) is 23.2. The highest BCUT2D eigenvalue weighted by Crippen LogP contribution is 2.28. The van der Waals surface area contributed by atoms with E-state index in [0.29, 0.717) is 17.9 Å². The molecule has 1 fully saturated rings. The summed E-state index contributed by atoms with van der Waals surface area (Å²) in [4.78, 5) is 24.6. The minimum absolute atomic E-state index is 0.00145. The molecule has 1 atom stereocenters. The maximum absolute atomic E-state index is 13.1. The van der Waals surface area contributed by atoms with Crippen LogP contribution in [-0.2, 0) is 19.6 Å². The van der Waals surface area contributed by atoms with Crippen molar-refractivity contribution in [3.63, 3.8) is 0 Å². The summed E-state index contributed by atoms with van der Waals surface area (Å²) in [5.41, 5.74) is 0.829. The van der Waals surface area contributed by atoms with Gasteiger partial charge in [-0.1, -0.05) is 41.9 Å². The first-order chi connectivity index (χ1) is 14.8. The van der Waals surface area contributed by atoms with Gasteiger partial charge in [0.05, 0.1) is 23.6 Å². The highest BCUT2D eigenvalue weighted by Gasteiger charge is 2.34. The highest BCUT2D eigenvalue weighted by atomic mass is 35.5. The number of carbonyl (C=O) groups is 2. The smallest absolute Gasteiger partial charge is 0.339 e. The first-order valence-electron chi connectivity index (χ1n) is 9.98. The fourth-order valence-corrected chi connectivity index (χ4v) is 5.65. The van der Waals surface area contributed by atoms with Gasteiger partial charge in [0, 0.05) is 24.0 Å². The number of nitrogens with one attached hydrogen (secondary N) is 1. The monoisotopic (exact) mass is 464 g/mol. The Kier molecular flexibility index (Phi) is 7.35. The van der Waals surface area contributed by atoms with Gasteiger partial charge in [-0.3, -0.25) is 4.79 Å². The van der Waals surface area contributed by atoms with Crippen molar-refractivity contribution in [3.8, 4) is 0 Å². The van der Waals surface area contributed by atoms with E-state index >= 15 is 0 Å². The van der Waals surface area contributed by atoms with Gasteiger partial charge in [-0.25, -0.2) is 13.2 Å². The molecule has 9 heteroatoms. The van der Waals surface area contributed by atoms with Crippen LogP contribution in [0.1, 0.15) is 41.7 Å². The minimum atomic E-state index is -3.89. The summed E-state index contributed by atoms with van der Waals surface area (Å²) < 4.78 is 32.2.